The predicted molar refractivity (Wildman–Crippen MR) is 116 cm³/mol. The third-order valence-electron chi connectivity index (χ3n) is 6.44. The molecule has 3 aliphatic rings. The Labute approximate surface area is 170 Å². The van der Waals surface area contributed by atoms with Crippen molar-refractivity contribution in [2.45, 2.75) is 31.8 Å². The molecule has 3 aromatic rings. The van der Waals surface area contributed by atoms with E-state index in [1.54, 1.807) is 17.5 Å². The van der Waals surface area contributed by atoms with Crippen LogP contribution in [-0.4, -0.2) is 28.8 Å². The maximum Gasteiger partial charge on any atom is 0.141 e. The second kappa shape index (κ2) is 6.66. The average Bonchev–Trinajstić information content (AvgIpc) is 3.39. The van der Waals surface area contributed by atoms with Crippen molar-refractivity contribution in [1.82, 2.24) is 9.97 Å². The van der Waals surface area contributed by atoms with Crippen LogP contribution in [0.4, 0.5) is 5.82 Å². The van der Waals surface area contributed by atoms with Gasteiger partial charge in [0.1, 0.15) is 12.1 Å². The van der Waals surface area contributed by atoms with Crippen molar-refractivity contribution >= 4 is 17.6 Å². The van der Waals surface area contributed by atoms with Gasteiger partial charge in [0.05, 0.1) is 23.8 Å². The van der Waals surface area contributed by atoms with Crippen molar-refractivity contribution in [1.29, 1.82) is 0 Å². The van der Waals surface area contributed by atoms with Crippen LogP contribution in [0.1, 0.15) is 34.4 Å². The molecule has 1 aliphatic carbocycles. The summed E-state index contributed by atoms with van der Waals surface area (Å²) in [6.07, 6.45) is 6.76. The van der Waals surface area contributed by atoms with Gasteiger partial charge in [0.15, 0.2) is 0 Å². The summed E-state index contributed by atoms with van der Waals surface area (Å²) in [5, 5.41) is 0. The predicted octanol–water partition coefficient (Wildman–Crippen LogP) is 4.24. The van der Waals surface area contributed by atoms with Crippen molar-refractivity contribution in [2.75, 3.05) is 11.4 Å². The zero-order valence-electron chi connectivity index (χ0n) is 16.3. The highest BCUT2D eigenvalue weighted by Crippen LogP contribution is 2.43. The number of rotatable bonds is 3. The Bertz CT molecular complexity index is 1150. The van der Waals surface area contributed by atoms with Crippen LogP contribution in [0.15, 0.2) is 71.5 Å². The van der Waals surface area contributed by atoms with E-state index < -0.39 is 0 Å². The van der Waals surface area contributed by atoms with Crippen LogP contribution in [-0.2, 0) is 19.4 Å². The zero-order valence-corrected chi connectivity index (χ0v) is 16.3. The number of hydrogen-bond acceptors (Lipinski definition) is 4. The molecule has 1 aromatic heterocycles. The van der Waals surface area contributed by atoms with Gasteiger partial charge in [-0.3, -0.25) is 4.99 Å². The highest BCUT2D eigenvalue weighted by molar-refractivity contribution is 5.91. The summed E-state index contributed by atoms with van der Waals surface area (Å²) in [7, 11) is 0. The summed E-state index contributed by atoms with van der Waals surface area (Å²) in [5.74, 6) is 1.04. The molecule has 1 atom stereocenters. The van der Waals surface area contributed by atoms with Gasteiger partial charge in [-0.2, -0.15) is 0 Å². The molecule has 2 aromatic carbocycles. The van der Waals surface area contributed by atoms with Crippen molar-refractivity contribution < 1.29 is 0 Å². The molecule has 29 heavy (non-hydrogen) atoms. The number of aromatic nitrogens is 2. The summed E-state index contributed by atoms with van der Waals surface area (Å²) in [6, 6.07) is 20.0. The number of anilines is 1. The van der Waals surface area contributed by atoms with Gasteiger partial charge in [-0.25, -0.2) is 9.97 Å². The number of benzene rings is 2. The van der Waals surface area contributed by atoms with Gasteiger partial charge in [0, 0.05) is 12.8 Å². The molecule has 0 saturated heterocycles. The van der Waals surface area contributed by atoms with Crippen LogP contribution in [0.2, 0.25) is 0 Å². The molecule has 0 amide bonds. The van der Waals surface area contributed by atoms with E-state index in [9.17, 15) is 0 Å². The van der Waals surface area contributed by atoms with Crippen molar-refractivity contribution in [2.24, 2.45) is 4.99 Å². The Morgan fingerprint density at radius 2 is 1.83 bits per heavy atom. The van der Waals surface area contributed by atoms with Crippen molar-refractivity contribution in [3.8, 4) is 0 Å². The lowest BCUT2D eigenvalue weighted by Crippen LogP contribution is -2.43. The van der Waals surface area contributed by atoms with E-state index in [4.69, 9.17) is 4.98 Å². The van der Waals surface area contributed by atoms with Crippen LogP contribution >= 0.6 is 0 Å². The second-order valence-corrected chi connectivity index (χ2v) is 8.01. The van der Waals surface area contributed by atoms with Gasteiger partial charge < -0.3 is 4.90 Å². The largest absolute Gasteiger partial charge is 0.349 e. The lowest BCUT2D eigenvalue weighted by atomic mass is 9.88. The minimum atomic E-state index is 0.307. The first-order valence-electron chi connectivity index (χ1n) is 10.3. The summed E-state index contributed by atoms with van der Waals surface area (Å²) in [4.78, 5) is 16.1. The molecule has 0 saturated carbocycles. The maximum absolute atomic E-state index is 4.73. The maximum atomic E-state index is 4.73. The minimum absolute atomic E-state index is 0.307. The molecule has 4 heteroatoms. The van der Waals surface area contributed by atoms with E-state index in [2.05, 4.69) is 69.5 Å². The smallest absolute Gasteiger partial charge is 0.141 e. The highest BCUT2D eigenvalue weighted by Gasteiger charge is 2.36. The molecule has 0 radical (unpaired) electrons. The van der Waals surface area contributed by atoms with Gasteiger partial charge in [-0.15, -0.1) is 0 Å². The first-order chi connectivity index (χ1) is 14.4. The van der Waals surface area contributed by atoms with E-state index >= 15 is 0 Å². The normalized spacial score (nSPS) is 19.3. The molecule has 142 valence electrons. The van der Waals surface area contributed by atoms with Crippen LogP contribution in [0.3, 0.4) is 0 Å². The molecular weight excluding hydrogens is 356 g/mol. The molecule has 3 heterocycles. The Morgan fingerprint density at radius 1 is 0.966 bits per heavy atom. The Kier molecular flexibility index (Phi) is 3.83. The second-order valence-electron chi connectivity index (χ2n) is 8.01. The lowest BCUT2D eigenvalue weighted by Gasteiger charge is -2.39. The zero-order chi connectivity index (χ0) is 19.2. The van der Waals surface area contributed by atoms with Gasteiger partial charge in [-0.1, -0.05) is 54.6 Å². The van der Waals surface area contributed by atoms with Crippen molar-refractivity contribution in [3.05, 3.63) is 94.4 Å². The fourth-order valence-electron chi connectivity index (χ4n) is 5.10. The van der Waals surface area contributed by atoms with Gasteiger partial charge in [0.25, 0.3) is 0 Å². The van der Waals surface area contributed by atoms with Gasteiger partial charge in [-0.05, 0) is 47.1 Å². The molecule has 0 fully saturated rings. The number of nitrogens with zero attached hydrogens (tertiary/aromatic N) is 4. The SMILES string of the molecule is C1=NCc2ncnc(N3CCC4=C(Cc5ccccc54)C3Cc3ccccc3)c21. The van der Waals surface area contributed by atoms with Crippen LogP contribution in [0.5, 0.6) is 0 Å². The molecule has 0 spiro atoms. The van der Waals surface area contributed by atoms with Crippen molar-refractivity contribution in [3.63, 3.8) is 0 Å². The molecular formula is C25H22N4. The first-order valence-corrected chi connectivity index (χ1v) is 10.3. The molecule has 0 N–H and O–H groups in total. The van der Waals surface area contributed by atoms with E-state index in [0.29, 0.717) is 12.6 Å². The Hall–Kier alpha value is -3.27. The third kappa shape index (κ3) is 2.70. The highest BCUT2D eigenvalue weighted by atomic mass is 15.2. The third-order valence-corrected chi connectivity index (χ3v) is 6.44. The molecule has 4 nitrogen and oxygen atoms in total. The standard InChI is InChI=1S/C25H22N4/c1-2-6-17(7-3-1)12-24-21-13-18-8-4-5-9-19(18)20(21)10-11-29(24)25-22-14-26-15-23(22)27-16-28-25/h1-9,14,16,24H,10-13,15H2. The summed E-state index contributed by atoms with van der Waals surface area (Å²) < 4.78 is 0. The van der Waals surface area contributed by atoms with Gasteiger partial charge in [0.2, 0.25) is 0 Å². The molecule has 1 unspecified atom stereocenters. The minimum Gasteiger partial charge on any atom is -0.349 e. The quantitative estimate of drug-likeness (QED) is 0.684. The number of aliphatic imine (C=N–C) groups is 1. The van der Waals surface area contributed by atoms with Crippen LogP contribution in [0, 0.1) is 0 Å². The summed E-state index contributed by atoms with van der Waals surface area (Å²) in [6.45, 7) is 1.64. The fourth-order valence-corrected chi connectivity index (χ4v) is 5.10. The van der Waals surface area contributed by atoms with E-state index in [-0.39, 0.29) is 0 Å². The first kappa shape index (κ1) is 16.7. The van der Waals surface area contributed by atoms with E-state index in [0.717, 1.165) is 42.9 Å². The lowest BCUT2D eigenvalue weighted by molar-refractivity contribution is 0.618. The molecule has 0 bridgehead atoms. The van der Waals surface area contributed by atoms with Gasteiger partial charge >= 0.3 is 0 Å². The van der Waals surface area contributed by atoms with Crippen LogP contribution < -0.4 is 4.90 Å². The fraction of sp³-hybridized carbons (Fsp3) is 0.240. The van der Waals surface area contributed by atoms with E-state index in [1.807, 2.05) is 6.21 Å². The number of fused-ring (bicyclic) bond motifs is 3. The topological polar surface area (TPSA) is 41.4 Å². The summed E-state index contributed by atoms with van der Waals surface area (Å²) in [5.41, 5.74) is 9.54. The molecule has 2 aliphatic heterocycles. The Morgan fingerprint density at radius 3 is 2.76 bits per heavy atom. The van der Waals surface area contributed by atoms with Crippen LogP contribution in [0.25, 0.3) is 5.57 Å². The summed E-state index contributed by atoms with van der Waals surface area (Å²) >= 11 is 0. The average molecular weight is 378 g/mol. The van der Waals surface area contributed by atoms with E-state index in [1.165, 1.54) is 16.7 Å². The number of hydrogen-bond donors (Lipinski definition) is 0. The Balaban J connectivity index is 1.46. The monoisotopic (exact) mass is 378 g/mol. The molecule has 6 rings (SSSR count).